The minimum absolute atomic E-state index is 0.182. The van der Waals surface area contributed by atoms with Gasteiger partial charge in [-0.15, -0.1) is 0 Å². The van der Waals surface area contributed by atoms with Crippen LogP contribution in [0.25, 0.3) is 0 Å². The summed E-state index contributed by atoms with van der Waals surface area (Å²) in [4.78, 5) is 14.9. The van der Waals surface area contributed by atoms with Gasteiger partial charge in [0.15, 0.2) is 0 Å². The van der Waals surface area contributed by atoms with Gasteiger partial charge in [0.25, 0.3) is 0 Å². The molecule has 22 heavy (non-hydrogen) atoms. The molecule has 0 spiro atoms. The first-order valence-corrected chi connectivity index (χ1v) is 8.89. The number of unbranched alkanes of at least 4 members (excludes halogenated alkanes) is 9. The van der Waals surface area contributed by atoms with E-state index in [1.165, 1.54) is 32.1 Å². The second-order valence-electron chi connectivity index (χ2n) is 5.98. The number of carboxylic acid groups (broad SMARTS) is 1. The summed E-state index contributed by atoms with van der Waals surface area (Å²) >= 11 is 0. The van der Waals surface area contributed by atoms with Gasteiger partial charge in [0, 0.05) is 6.42 Å². The molecule has 0 fully saturated rings. The van der Waals surface area contributed by atoms with Gasteiger partial charge in [0.1, 0.15) is 6.10 Å². The smallest absolute Gasteiger partial charge is 0.303 e. The number of allylic oxidation sites excluding steroid dienone is 1. The highest BCUT2D eigenvalue weighted by atomic mass is 17.1. The summed E-state index contributed by atoms with van der Waals surface area (Å²) in [5.74, 6) is -0.711. The molecule has 1 unspecified atom stereocenters. The van der Waals surface area contributed by atoms with Gasteiger partial charge < -0.3 is 5.11 Å². The van der Waals surface area contributed by atoms with Crippen LogP contribution in [0, 0.1) is 0 Å². The Hall–Kier alpha value is -0.870. The lowest BCUT2D eigenvalue weighted by atomic mass is 10.1. The van der Waals surface area contributed by atoms with Gasteiger partial charge >= 0.3 is 5.97 Å². The highest BCUT2D eigenvalue weighted by molar-refractivity contribution is 5.66. The van der Waals surface area contributed by atoms with E-state index in [0.717, 1.165) is 44.9 Å². The van der Waals surface area contributed by atoms with Crippen molar-refractivity contribution in [2.24, 2.45) is 0 Å². The van der Waals surface area contributed by atoms with Gasteiger partial charge in [-0.1, -0.05) is 70.4 Å². The van der Waals surface area contributed by atoms with E-state index in [1.807, 2.05) is 6.08 Å². The summed E-state index contributed by atoms with van der Waals surface area (Å²) < 4.78 is 0. The first kappa shape index (κ1) is 21.1. The molecule has 0 aromatic heterocycles. The molecule has 0 heterocycles. The van der Waals surface area contributed by atoms with Gasteiger partial charge in [-0.25, -0.2) is 4.89 Å². The van der Waals surface area contributed by atoms with Crippen molar-refractivity contribution in [3.8, 4) is 0 Å². The quantitative estimate of drug-likeness (QED) is 0.169. The number of rotatable bonds is 16. The fourth-order valence-corrected chi connectivity index (χ4v) is 2.45. The third kappa shape index (κ3) is 15.5. The lowest BCUT2D eigenvalue weighted by Crippen LogP contribution is -2.06. The number of hydrogen-bond acceptors (Lipinski definition) is 3. The third-order valence-electron chi connectivity index (χ3n) is 3.84. The van der Waals surface area contributed by atoms with Crippen LogP contribution in [-0.4, -0.2) is 22.4 Å². The molecule has 0 aliphatic rings. The first-order chi connectivity index (χ1) is 10.7. The van der Waals surface area contributed by atoms with Crippen LogP contribution in [0.4, 0.5) is 0 Å². The Kier molecular flexibility index (Phi) is 15.8. The second kappa shape index (κ2) is 16.5. The monoisotopic (exact) mass is 314 g/mol. The average molecular weight is 314 g/mol. The summed E-state index contributed by atoms with van der Waals surface area (Å²) in [5, 5.41) is 17.4. The summed E-state index contributed by atoms with van der Waals surface area (Å²) in [6.07, 6.45) is 17.2. The molecule has 0 aromatic rings. The van der Waals surface area contributed by atoms with Crippen LogP contribution in [-0.2, 0) is 9.68 Å². The molecule has 0 radical (unpaired) electrons. The van der Waals surface area contributed by atoms with E-state index in [0.29, 0.717) is 0 Å². The maximum absolute atomic E-state index is 10.4. The highest BCUT2D eigenvalue weighted by Crippen LogP contribution is 2.12. The Morgan fingerprint density at radius 3 is 2.32 bits per heavy atom. The minimum Gasteiger partial charge on any atom is -0.481 e. The van der Waals surface area contributed by atoms with E-state index in [1.54, 1.807) is 0 Å². The zero-order chi connectivity index (χ0) is 16.5. The maximum atomic E-state index is 10.4. The van der Waals surface area contributed by atoms with Gasteiger partial charge in [0.05, 0.1) is 0 Å². The van der Waals surface area contributed by atoms with Crippen molar-refractivity contribution in [1.29, 1.82) is 0 Å². The van der Waals surface area contributed by atoms with Crippen molar-refractivity contribution in [2.75, 3.05) is 0 Å². The van der Waals surface area contributed by atoms with Crippen molar-refractivity contribution in [3.63, 3.8) is 0 Å². The zero-order valence-electron chi connectivity index (χ0n) is 14.1. The van der Waals surface area contributed by atoms with Crippen molar-refractivity contribution in [2.45, 2.75) is 96.5 Å². The predicted molar refractivity (Wildman–Crippen MR) is 90.0 cm³/mol. The molecule has 130 valence electrons. The average Bonchev–Trinajstić information content (AvgIpc) is 2.50. The molecule has 2 N–H and O–H groups in total. The molecule has 0 saturated heterocycles. The van der Waals surface area contributed by atoms with Crippen molar-refractivity contribution < 1.29 is 20.0 Å². The fraction of sp³-hybridized carbons (Fsp3) is 0.833. The van der Waals surface area contributed by atoms with Crippen molar-refractivity contribution in [1.82, 2.24) is 0 Å². The summed E-state index contributed by atoms with van der Waals surface area (Å²) in [6, 6.07) is 0. The van der Waals surface area contributed by atoms with Gasteiger partial charge in [-0.2, -0.15) is 0 Å². The molecule has 0 aromatic carbocycles. The third-order valence-corrected chi connectivity index (χ3v) is 3.84. The Balaban J connectivity index is 3.47. The maximum Gasteiger partial charge on any atom is 0.303 e. The Morgan fingerprint density at radius 1 is 1.00 bits per heavy atom. The summed E-state index contributed by atoms with van der Waals surface area (Å²) in [6.45, 7) is 2.21. The van der Waals surface area contributed by atoms with E-state index in [2.05, 4.69) is 17.9 Å². The topological polar surface area (TPSA) is 66.8 Å². The normalized spacial score (nSPS) is 12.8. The zero-order valence-corrected chi connectivity index (χ0v) is 14.1. The van der Waals surface area contributed by atoms with Crippen LogP contribution in [0.1, 0.15) is 90.4 Å². The van der Waals surface area contributed by atoms with Crippen LogP contribution in [0.5, 0.6) is 0 Å². The molecule has 4 heteroatoms. The van der Waals surface area contributed by atoms with Crippen LogP contribution >= 0.6 is 0 Å². The fourth-order valence-electron chi connectivity index (χ4n) is 2.45. The van der Waals surface area contributed by atoms with Crippen LogP contribution in [0.15, 0.2) is 12.2 Å². The second-order valence-corrected chi connectivity index (χ2v) is 5.98. The van der Waals surface area contributed by atoms with E-state index in [9.17, 15) is 4.79 Å². The van der Waals surface area contributed by atoms with Crippen molar-refractivity contribution >= 4 is 5.97 Å². The Morgan fingerprint density at radius 2 is 1.64 bits per heavy atom. The molecule has 1 atom stereocenters. The Bertz CT molecular complexity index is 276. The lowest BCUT2D eigenvalue weighted by molar-refractivity contribution is -0.267. The van der Waals surface area contributed by atoms with Crippen LogP contribution in [0.3, 0.4) is 0 Å². The first-order valence-electron chi connectivity index (χ1n) is 8.89. The van der Waals surface area contributed by atoms with E-state index < -0.39 is 5.97 Å². The SMILES string of the molecule is CCCCCCCCC(/C=C/CCCCCCC(=O)O)OO. The molecule has 0 amide bonds. The number of aliphatic carboxylic acids is 1. The lowest BCUT2D eigenvalue weighted by Gasteiger charge is -2.08. The van der Waals surface area contributed by atoms with Gasteiger partial charge in [-0.05, 0) is 25.7 Å². The predicted octanol–water partition coefficient (Wildman–Crippen LogP) is 5.58. The molecule has 0 aliphatic carbocycles. The van der Waals surface area contributed by atoms with Gasteiger partial charge in [-0.3, -0.25) is 10.1 Å². The molecule has 0 saturated carbocycles. The largest absolute Gasteiger partial charge is 0.481 e. The van der Waals surface area contributed by atoms with Crippen LogP contribution < -0.4 is 0 Å². The molecule has 4 nitrogen and oxygen atoms in total. The molecular formula is C18H34O4. The van der Waals surface area contributed by atoms with Crippen LogP contribution in [0.2, 0.25) is 0 Å². The summed E-state index contributed by atoms with van der Waals surface area (Å²) in [7, 11) is 0. The van der Waals surface area contributed by atoms with E-state index in [4.69, 9.17) is 10.4 Å². The highest BCUT2D eigenvalue weighted by Gasteiger charge is 2.03. The molecular weight excluding hydrogens is 280 g/mol. The minimum atomic E-state index is -0.711. The van der Waals surface area contributed by atoms with E-state index in [-0.39, 0.29) is 12.5 Å². The van der Waals surface area contributed by atoms with Crippen molar-refractivity contribution in [3.05, 3.63) is 12.2 Å². The molecule has 0 aliphatic heterocycles. The Labute approximate surface area is 135 Å². The van der Waals surface area contributed by atoms with Gasteiger partial charge in [0.2, 0.25) is 0 Å². The number of hydrogen-bond donors (Lipinski definition) is 2. The number of carbonyl (C=O) groups is 1. The molecule has 0 rings (SSSR count). The number of carboxylic acids is 1. The molecule has 0 bridgehead atoms. The standard InChI is InChI=1S/C18H34O4/c1-2-3-4-5-8-11-14-17(22-21)15-12-9-6-7-10-13-16-18(19)20/h12,15,17,21H,2-11,13-14,16H2,1H3,(H,19,20)/b15-12+. The summed E-state index contributed by atoms with van der Waals surface area (Å²) in [5.41, 5.74) is 0. The van der Waals surface area contributed by atoms with E-state index >= 15 is 0 Å².